The number of nitrogens with one attached hydrogen (secondary N) is 3. The largest absolute Gasteiger partial charge is 0.456 e. The van der Waals surface area contributed by atoms with E-state index >= 15 is 0 Å². The van der Waals surface area contributed by atoms with E-state index in [4.69, 9.17) is 10.5 Å². The fourth-order valence-corrected chi connectivity index (χ4v) is 5.16. The van der Waals surface area contributed by atoms with Crippen molar-refractivity contribution >= 4 is 63.8 Å². The number of aliphatic hydroxyl groups excluding tert-OH is 1. The quantitative estimate of drug-likeness (QED) is 0.0886. The van der Waals surface area contributed by atoms with E-state index in [0.29, 0.717) is 28.5 Å². The summed E-state index contributed by atoms with van der Waals surface area (Å²) in [7, 11) is 0. The number of thiol groups is 1. The van der Waals surface area contributed by atoms with Crippen LogP contribution in [0.4, 0.5) is 0 Å². The van der Waals surface area contributed by atoms with Gasteiger partial charge >= 0.3 is 5.97 Å². The van der Waals surface area contributed by atoms with Crippen LogP contribution in [-0.4, -0.2) is 68.3 Å². The summed E-state index contributed by atoms with van der Waals surface area (Å²) in [6.45, 7) is 10.6. The van der Waals surface area contributed by atoms with Gasteiger partial charge in [0.1, 0.15) is 28.4 Å². The summed E-state index contributed by atoms with van der Waals surface area (Å²) in [6, 6.07) is -1.40. The Bertz CT molecular complexity index is 1110. The van der Waals surface area contributed by atoms with E-state index in [-0.39, 0.29) is 53.9 Å². The number of hydrogen-bond donors (Lipinski definition) is 6. The normalized spacial score (nSPS) is 22.1. The van der Waals surface area contributed by atoms with Crippen LogP contribution in [0.3, 0.4) is 0 Å². The number of allylic oxidation sites excluding steroid dienone is 1. The van der Waals surface area contributed by atoms with E-state index in [1.54, 1.807) is 31.4 Å². The number of carbonyl (C=O) groups excluding carboxylic acids is 4. The monoisotopic (exact) mass is 619 g/mol. The molecule has 2 heterocycles. The molecule has 0 fully saturated rings. The highest BCUT2D eigenvalue weighted by Gasteiger charge is 2.36. The standard InChI is InChI=1S/C26H41N5O6S2.ClH/c1-14(2)20(27)24(35)38-10-8-7-9-16-11-18(32)28-12-19-29-17(13-39-19)22(33)31-26(5,6)25(36)30-21(15(3)4)23(34)37-16;/h7,9,13-16,20-21,35,38H,8,10-12,27H2,1-6H3,(H,28,32)(H,30,36)(H,31,33);1H/b9-7+;/t16-,20-,21+;/m1./s1. The molecule has 0 unspecified atom stereocenters. The molecule has 2 bridgehead atoms. The van der Waals surface area contributed by atoms with Gasteiger partial charge in [0.25, 0.3) is 5.91 Å². The number of aliphatic hydroxyl groups is 1. The summed E-state index contributed by atoms with van der Waals surface area (Å²) in [5.74, 6) is -1.76. The second-order valence-electron chi connectivity index (χ2n) is 10.6. The molecule has 1 aliphatic heterocycles. The molecule has 0 saturated carbocycles. The molecule has 6 N–H and O–H groups in total. The van der Waals surface area contributed by atoms with E-state index < -0.39 is 41.5 Å². The highest BCUT2D eigenvalue weighted by atomic mass is 35.5. The molecule has 2 rings (SSSR count). The van der Waals surface area contributed by atoms with Gasteiger partial charge in [0, 0.05) is 5.38 Å². The summed E-state index contributed by atoms with van der Waals surface area (Å²) in [5, 5.41) is 20.5. The topological polar surface area (TPSA) is 173 Å². The van der Waals surface area contributed by atoms with Gasteiger partial charge < -0.3 is 31.5 Å². The second kappa shape index (κ2) is 16.2. The predicted octanol–water partition coefficient (Wildman–Crippen LogP) is 2.23. The van der Waals surface area contributed by atoms with Gasteiger partial charge in [-0.05, 0) is 43.9 Å². The minimum Gasteiger partial charge on any atom is -0.456 e. The van der Waals surface area contributed by atoms with Crippen LogP contribution in [0.5, 0.6) is 0 Å². The Balaban J connectivity index is 0.00000800. The molecule has 1 aliphatic rings. The van der Waals surface area contributed by atoms with Crippen molar-refractivity contribution in [3.63, 3.8) is 0 Å². The zero-order valence-corrected chi connectivity index (χ0v) is 26.3. The molecular weight excluding hydrogens is 578 g/mol. The fraction of sp³-hybridized carbons (Fsp3) is 0.615. The number of cyclic esters (lactones) is 1. The van der Waals surface area contributed by atoms with Crippen LogP contribution in [0, 0.1) is 11.8 Å². The Morgan fingerprint density at radius 2 is 1.95 bits per heavy atom. The van der Waals surface area contributed by atoms with Crippen LogP contribution in [0.2, 0.25) is 0 Å². The van der Waals surface area contributed by atoms with Crippen LogP contribution in [0.1, 0.15) is 69.9 Å². The van der Waals surface area contributed by atoms with Crippen LogP contribution >= 0.6 is 35.1 Å². The number of carbonyl (C=O) groups is 4. The van der Waals surface area contributed by atoms with E-state index in [0.717, 1.165) is 0 Å². The molecule has 1 aromatic heterocycles. The van der Waals surface area contributed by atoms with Crippen molar-refractivity contribution in [3.8, 4) is 0 Å². The minimum absolute atomic E-state index is 0. The number of nitrogens with zero attached hydrogens (tertiary/aromatic N) is 1. The summed E-state index contributed by atoms with van der Waals surface area (Å²) in [6.07, 6.45) is 2.97. The van der Waals surface area contributed by atoms with E-state index in [1.165, 1.54) is 25.2 Å². The van der Waals surface area contributed by atoms with Crippen molar-refractivity contribution in [2.24, 2.45) is 17.6 Å². The van der Waals surface area contributed by atoms with Crippen molar-refractivity contribution in [3.05, 3.63) is 28.2 Å². The van der Waals surface area contributed by atoms with Gasteiger partial charge in [-0.25, -0.2) is 9.78 Å². The molecule has 226 valence electrons. The molecule has 3 atom stereocenters. The van der Waals surface area contributed by atoms with Crippen molar-refractivity contribution in [1.29, 1.82) is 0 Å². The first-order valence-electron chi connectivity index (χ1n) is 12.9. The fourth-order valence-electron chi connectivity index (χ4n) is 3.43. The number of fused-ring (bicyclic) bond motifs is 2. The van der Waals surface area contributed by atoms with E-state index in [1.807, 2.05) is 13.8 Å². The highest BCUT2D eigenvalue weighted by Crippen LogP contribution is 2.15. The molecule has 0 radical (unpaired) electrons. The molecule has 14 heteroatoms. The maximum Gasteiger partial charge on any atom is 0.329 e. The smallest absolute Gasteiger partial charge is 0.329 e. The molecule has 0 saturated heterocycles. The lowest BCUT2D eigenvalue weighted by Gasteiger charge is -2.29. The number of thiazole rings is 1. The van der Waals surface area contributed by atoms with Crippen LogP contribution in [0.25, 0.3) is 0 Å². The summed E-state index contributed by atoms with van der Waals surface area (Å²) in [4.78, 5) is 55.8. The second-order valence-corrected chi connectivity index (χ2v) is 12.7. The lowest BCUT2D eigenvalue weighted by Crippen LogP contribution is -2.59. The molecule has 11 nitrogen and oxygen atoms in total. The Morgan fingerprint density at radius 1 is 1.27 bits per heavy atom. The number of halogens is 1. The van der Waals surface area contributed by atoms with Crippen LogP contribution in [-0.2, 0) is 25.7 Å². The number of rotatable bonds is 7. The van der Waals surface area contributed by atoms with Gasteiger partial charge in [-0.2, -0.15) is 11.4 Å². The molecule has 0 aromatic carbocycles. The number of amides is 3. The third kappa shape index (κ3) is 10.9. The molecule has 0 aliphatic carbocycles. The van der Waals surface area contributed by atoms with Crippen LogP contribution < -0.4 is 21.7 Å². The number of esters is 1. The van der Waals surface area contributed by atoms with Crippen molar-refractivity contribution in [2.45, 2.75) is 84.7 Å². The molecular formula is C26H42ClN5O6S2. The Hall–Kier alpha value is -2.32. The van der Waals surface area contributed by atoms with Crippen molar-refractivity contribution in [2.75, 3.05) is 5.75 Å². The van der Waals surface area contributed by atoms with Gasteiger partial charge in [0.15, 0.2) is 0 Å². The first-order valence-corrected chi connectivity index (χ1v) is 14.9. The van der Waals surface area contributed by atoms with Gasteiger partial charge in [-0.15, -0.1) is 23.7 Å². The van der Waals surface area contributed by atoms with Gasteiger partial charge in [0.05, 0.1) is 24.1 Å². The number of nitrogens with two attached hydrogens (primary N) is 1. The predicted molar refractivity (Wildman–Crippen MR) is 162 cm³/mol. The zero-order valence-electron chi connectivity index (χ0n) is 23.7. The third-order valence-electron chi connectivity index (χ3n) is 6.01. The van der Waals surface area contributed by atoms with Gasteiger partial charge in [-0.1, -0.05) is 33.8 Å². The summed E-state index contributed by atoms with van der Waals surface area (Å²) < 4.78 is 5.68. The lowest BCUT2D eigenvalue weighted by atomic mass is 9.99. The van der Waals surface area contributed by atoms with Gasteiger partial charge in [0.2, 0.25) is 11.8 Å². The third-order valence-corrected chi connectivity index (χ3v) is 7.97. The van der Waals surface area contributed by atoms with E-state index in [9.17, 15) is 24.3 Å². The molecule has 3 amide bonds. The van der Waals surface area contributed by atoms with Crippen LogP contribution in [0.15, 0.2) is 17.5 Å². The van der Waals surface area contributed by atoms with Crippen molar-refractivity contribution in [1.82, 2.24) is 20.9 Å². The van der Waals surface area contributed by atoms with Gasteiger partial charge in [-0.3, -0.25) is 14.4 Å². The number of ether oxygens (including phenoxy) is 1. The Morgan fingerprint density at radius 3 is 2.58 bits per heavy atom. The average Bonchev–Trinajstić information content (AvgIpc) is 3.33. The molecule has 0 spiro atoms. The van der Waals surface area contributed by atoms with Crippen molar-refractivity contribution < 1.29 is 29.0 Å². The first-order chi connectivity index (χ1) is 18.2. The Labute approximate surface area is 249 Å². The summed E-state index contributed by atoms with van der Waals surface area (Å²) >= 11 is 1.92. The average molecular weight is 620 g/mol. The van der Waals surface area contributed by atoms with E-state index in [2.05, 4.69) is 20.9 Å². The summed E-state index contributed by atoms with van der Waals surface area (Å²) in [5.41, 5.74) is 4.76. The lowest BCUT2D eigenvalue weighted by molar-refractivity contribution is -0.153. The highest BCUT2D eigenvalue weighted by molar-refractivity contribution is 7.98. The Kier molecular flexibility index (Phi) is 14.5. The minimum atomic E-state index is -1.33. The maximum absolute atomic E-state index is 13.1. The SMILES string of the molecule is CC(C)[C@@H]1NC(=O)C(C)(C)NC(=O)c2csc(n2)CNC(=O)C[C@@H](/C=C/CC/[SH]=C(/O)[C@H](N)C(C)C)OC1=O.Cl. The molecule has 1 aromatic rings. The zero-order chi connectivity index (χ0) is 29.3. The molecule has 40 heavy (non-hydrogen) atoms. The first kappa shape index (κ1) is 35.7. The number of aromatic nitrogens is 1. The number of hydrogen-bond acceptors (Lipinski definition) is 8. The maximum atomic E-state index is 13.1.